The van der Waals surface area contributed by atoms with Gasteiger partial charge in [-0.05, 0) is 41.0 Å². The van der Waals surface area contributed by atoms with E-state index in [2.05, 4.69) is 13.8 Å². The Morgan fingerprint density at radius 3 is 2.48 bits per heavy atom. The molecule has 1 aliphatic heterocycles. The number of hydrogen-bond donors (Lipinski definition) is 1. The molecule has 0 bridgehead atoms. The molecule has 0 radical (unpaired) electrons. The number of aliphatic hydroxyl groups excluding tert-OH is 1. The van der Waals surface area contributed by atoms with Crippen LogP contribution in [0.4, 0.5) is 0 Å². The summed E-state index contributed by atoms with van der Waals surface area (Å²) >= 11 is 6.04. The van der Waals surface area contributed by atoms with Crippen LogP contribution in [0.5, 0.6) is 5.75 Å². The minimum atomic E-state index is -0.662. The van der Waals surface area contributed by atoms with Crippen LogP contribution in [0.15, 0.2) is 36.4 Å². The van der Waals surface area contributed by atoms with Crippen LogP contribution in [0.1, 0.15) is 36.2 Å². The lowest BCUT2D eigenvalue weighted by molar-refractivity contribution is 0.0754. The van der Waals surface area contributed by atoms with Gasteiger partial charge in [0.25, 0.3) is 0 Å². The average molecular weight is 329 g/mol. The molecular weight excluding hydrogens is 312 g/mol. The molecule has 118 valence electrons. The number of carbonyl (C=O) groups excluding carboxylic acids is 1. The van der Waals surface area contributed by atoms with E-state index in [1.54, 1.807) is 6.07 Å². The minimum absolute atomic E-state index is 0.0793. The molecule has 1 atom stereocenters. The second-order valence-electron chi connectivity index (χ2n) is 6.99. The first kappa shape index (κ1) is 14.7. The van der Waals surface area contributed by atoms with Gasteiger partial charge in [0, 0.05) is 16.9 Å². The van der Waals surface area contributed by atoms with Crippen LogP contribution in [0.2, 0.25) is 5.02 Å². The molecule has 1 heterocycles. The second-order valence-corrected chi connectivity index (χ2v) is 7.40. The second kappa shape index (κ2) is 4.59. The number of carbonyl (C=O) groups is 1. The number of fused-ring (bicyclic) bond motifs is 1. The summed E-state index contributed by atoms with van der Waals surface area (Å²) in [6.45, 7) is 4.01. The Morgan fingerprint density at radius 1 is 1.17 bits per heavy atom. The van der Waals surface area contributed by atoms with E-state index in [0.29, 0.717) is 21.9 Å². The zero-order chi connectivity index (χ0) is 16.4. The Labute approximate surface area is 139 Å². The Hall–Kier alpha value is -1.84. The van der Waals surface area contributed by atoms with E-state index < -0.39 is 5.60 Å². The van der Waals surface area contributed by atoms with Gasteiger partial charge >= 0.3 is 0 Å². The fourth-order valence-electron chi connectivity index (χ4n) is 3.44. The molecule has 0 saturated heterocycles. The first-order chi connectivity index (χ1) is 10.9. The summed E-state index contributed by atoms with van der Waals surface area (Å²) in [5.41, 5.74) is 2.39. The molecule has 1 spiro atoms. The van der Waals surface area contributed by atoms with Crippen LogP contribution in [-0.2, 0) is 6.61 Å². The maximum atomic E-state index is 12.8. The molecule has 1 fully saturated rings. The molecule has 2 aromatic carbocycles. The van der Waals surface area contributed by atoms with E-state index in [4.69, 9.17) is 16.3 Å². The van der Waals surface area contributed by atoms with Gasteiger partial charge in [-0.1, -0.05) is 37.6 Å². The van der Waals surface area contributed by atoms with E-state index in [0.717, 1.165) is 17.5 Å². The van der Waals surface area contributed by atoms with Gasteiger partial charge in [0.1, 0.15) is 5.75 Å². The van der Waals surface area contributed by atoms with Crippen molar-refractivity contribution in [2.75, 3.05) is 0 Å². The first-order valence-corrected chi connectivity index (χ1v) is 8.03. The molecule has 2 aliphatic rings. The van der Waals surface area contributed by atoms with Crippen molar-refractivity contribution in [3.8, 4) is 16.9 Å². The van der Waals surface area contributed by atoms with E-state index >= 15 is 0 Å². The standard InChI is InChI=1S/C19H17ClO3/c1-18(2)10-19(18)17(22)14-8-12(4-6-16(14)23-19)11-3-5-15(20)13(7-11)9-21/h3-8,21H,9-10H2,1-2H3. The summed E-state index contributed by atoms with van der Waals surface area (Å²) in [6, 6.07) is 11.2. The molecule has 1 unspecified atom stereocenters. The molecule has 3 nitrogen and oxygen atoms in total. The van der Waals surface area contributed by atoms with E-state index in [9.17, 15) is 9.90 Å². The van der Waals surface area contributed by atoms with Crippen LogP contribution in [-0.4, -0.2) is 16.5 Å². The predicted octanol–water partition coefficient (Wildman–Crippen LogP) is 4.24. The van der Waals surface area contributed by atoms with Crippen molar-refractivity contribution >= 4 is 17.4 Å². The van der Waals surface area contributed by atoms with Crippen molar-refractivity contribution in [1.29, 1.82) is 0 Å². The molecule has 2 aromatic rings. The number of ketones is 1. The summed E-state index contributed by atoms with van der Waals surface area (Å²) in [5, 5.41) is 9.90. The van der Waals surface area contributed by atoms with Crippen LogP contribution >= 0.6 is 11.6 Å². The highest BCUT2D eigenvalue weighted by Crippen LogP contribution is 2.63. The summed E-state index contributed by atoms with van der Waals surface area (Å²) < 4.78 is 5.98. The summed E-state index contributed by atoms with van der Waals surface area (Å²) in [4.78, 5) is 12.8. The Balaban J connectivity index is 1.76. The van der Waals surface area contributed by atoms with Gasteiger partial charge in [-0.2, -0.15) is 0 Å². The van der Waals surface area contributed by atoms with Gasteiger partial charge in [-0.25, -0.2) is 0 Å². The molecule has 1 N–H and O–H groups in total. The van der Waals surface area contributed by atoms with Crippen LogP contribution in [0, 0.1) is 5.41 Å². The van der Waals surface area contributed by atoms with E-state index in [-0.39, 0.29) is 17.8 Å². The van der Waals surface area contributed by atoms with Crippen molar-refractivity contribution in [3.05, 3.63) is 52.5 Å². The molecule has 0 amide bonds. The molecule has 4 rings (SSSR count). The van der Waals surface area contributed by atoms with Gasteiger partial charge in [-0.3, -0.25) is 4.79 Å². The summed E-state index contributed by atoms with van der Waals surface area (Å²) in [5.74, 6) is 0.747. The number of rotatable bonds is 2. The highest BCUT2D eigenvalue weighted by Gasteiger charge is 2.71. The van der Waals surface area contributed by atoms with Crippen molar-refractivity contribution in [3.63, 3.8) is 0 Å². The molecule has 4 heteroatoms. The topological polar surface area (TPSA) is 46.5 Å². The lowest BCUT2D eigenvalue weighted by atomic mass is 9.96. The van der Waals surface area contributed by atoms with Crippen molar-refractivity contribution < 1.29 is 14.6 Å². The monoisotopic (exact) mass is 328 g/mol. The highest BCUT2D eigenvalue weighted by molar-refractivity contribution is 6.31. The van der Waals surface area contributed by atoms with Gasteiger partial charge in [-0.15, -0.1) is 0 Å². The largest absolute Gasteiger partial charge is 0.478 e. The SMILES string of the molecule is CC1(C)CC12Oc1ccc(-c3ccc(Cl)c(CO)c3)cc1C2=O. The number of aliphatic hydroxyl groups is 1. The van der Waals surface area contributed by atoms with Crippen molar-refractivity contribution in [2.45, 2.75) is 32.5 Å². The zero-order valence-electron chi connectivity index (χ0n) is 13.0. The van der Waals surface area contributed by atoms with Gasteiger partial charge < -0.3 is 9.84 Å². The van der Waals surface area contributed by atoms with Gasteiger partial charge in [0.15, 0.2) is 5.60 Å². The predicted molar refractivity (Wildman–Crippen MR) is 88.9 cm³/mol. The number of ether oxygens (including phenoxy) is 1. The average Bonchev–Trinajstić information content (AvgIpc) is 2.97. The fraction of sp³-hybridized carbons (Fsp3) is 0.316. The van der Waals surface area contributed by atoms with E-state index in [1.807, 2.05) is 30.3 Å². The number of hydrogen-bond acceptors (Lipinski definition) is 3. The maximum Gasteiger partial charge on any atom is 0.210 e. The summed E-state index contributed by atoms with van der Waals surface area (Å²) in [7, 11) is 0. The van der Waals surface area contributed by atoms with Crippen molar-refractivity contribution in [2.24, 2.45) is 5.41 Å². The molecule has 0 aromatic heterocycles. The molecular formula is C19H17ClO3. The van der Waals surface area contributed by atoms with Crippen LogP contribution in [0.25, 0.3) is 11.1 Å². The number of benzene rings is 2. The molecule has 23 heavy (non-hydrogen) atoms. The molecule has 1 saturated carbocycles. The third-order valence-corrected chi connectivity index (χ3v) is 5.45. The Bertz CT molecular complexity index is 841. The normalized spacial score (nSPS) is 23.7. The zero-order valence-corrected chi connectivity index (χ0v) is 13.8. The van der Waals surface area contributed by atoms with Crippen LogP contribution < -0.4 is 4.74 Å². The highest BCUT2D eigenvalue weighted by atomic mass is 35.5. The third kappa shape index (κ3) is 1.97. The van der Waals surface area contributed by atoms with Gasteiger partial charge in [0.05, 0.1) is 12.2 Å². The Morgan fingerprint density at radius 2 is 1.83 bits per heavy atom. The fourth-order valence-corrected chi connectivity index (χ4v) is 3.62. The smallest absolute Gasteiger partial charge is 0.210 e. The van der Waals surface area contributed by atoms with Gasteiger partial charge in [0.2, 0.25) is 5.78 Å². The first-order valence-electron chi connectivity index (χ1n) is 7.65. The summed E-state index contributed by atoms with van der Waals surface area (Å²) in [6.07, 6.45) is 0.762. The van der Waals surface area contributed by atoms with Crippen LogP contribution in [0.3, 0.4) is 0 Å². The third-order valence-electron chi connectivity index (χ3n) is 5.08. The lowest BCUT2D eigenvalue weighted by Gasteiger charge is -2.11. The Kier molecular flexibility index (Phi) is 2.94. The van der Waals surface area contributed by atoms with Crippen molar-refractivity contribution in [1.82, 2.24) is 0 Å². The minimum Gasteiger partial charge on any atom is -0.478 e. The molecule has 1 aliphatic carbocycles. The van der Waals surface area contributed by atoms with E-state index in [1.165, 1.54) is 0 Å². The number of Topliss-reactive ketones (excluding diaryl/α,β-unsaturated/α-hetero) is 1. The quantitative estimate of drug-likeness (QED) is 0.896. The number of halogens is 1. The maximum absolute atomic E-state index is 12.8. The lowest BCUT2D eigenvalue weighted by Crippen LogP contribution is -2.28.